The molecule has 76 heavy (non-hydrogen) atoms. The first-order valence-electron chi connectivity index (χ1n) is 23.1. The van der Waals surface area contributed by atoms with Gasteiger partial charge in [0, 0.05) is 68.6 Å². The van der Waals surface area contributed by atoms with Crippen molar-refractivity contribution in [3.05, 3.63) is 211 Å². The summed E-state index contributed by atoms with van der Waals surface area (Å²) >= 11 is 0. The van der Waals surface area contributed by atoms with Crippen molar-refractivity contribution in [3.8, 4) is 67.5 Å². The number of hydrogen-bond acceptors (Lipinski definition) is 14. The van der Waals surface area contributed by atoms with Crippen LogP contribution < -0.4 is 18.9 Å². The summed E-state index contributed by atoms with van der Waals surface area (Å²) in [6.07, 6.45) is 12.4. The molecular weight excluding hydrogens is 977 g/mol. The number of hydrogen-bond donors (Lipinski definition) is 2. The Kier molecular flexibility index (Phi) is 14.2. The fourth-order valence-corrected chi connectivity index (χ4v) is 8.82. The molecule has 0 amide bonds. The predicted octanol–water partition coefficient (Wildman–Crippen LogP) is 13.2. The van der Waals surface area contributed by atoms with Crippen LogP contribution in [0.1, 0.15) is 22.8 Å². The Hall–Kier alpha value is -10.8. The largest absolute Gasteiger partial charge is 0.490 e. The lowest BCUT2D eigenvalue weighted by Crippen LogP contribution is -1.99. The molecule has 9 rings (SSSR count). The third kappa shape index (κ3) is 9.91. The van der Waals surface area contributed by atoms with Crippen LogP contribution in [0.4, 0.5) is 22.7 Å². The lowest BCUT2D eigenvalue weighted by atomic mass is 10.0. The van der Waals surface area contributed by atoms with Gasteiger partial charge in [0.2, 0.25) is 0 Å². The zero-order valence-corrected chi connectivity index (χ0v) is 40.1. The van der Waals surface area contributed by atoms with E-state index in [-0.39, 0.29) is 162 Å². The average Bonchev–Trinajstić information content (AvgIpc) is 4.33. The number of aromatic nitrogens is 4. The minimum absolute atomic E-state index is 0.0430. The minimum Gasteiger partial charge on any atom is -0.490 e. The molecule has 0 saturated carbocycles. The van der Waals surface area contributed by atoms with Gasteiger partial charge in [-0.3, -0.25) is 40.5 Å². The standard InChI is InChI=1S/C56H42N8O12/c1-5-25-73-33-9-21-49(61(65)66)37(29-33)53-41-13-15-43(57-41)54(38-30-34(74-26-6-2)10-22-50(38)62(67)68)45-17-19-47(59-45)56(40-32-36(76-28-8-4)12-24-52(40)64(71)72)48-20-18-46(60-48)55(44-16-14-42(53)58-44)39-31-35(75-27-7-3)11-23-51(39)63(69)70/h5-24,29-32,57,60H,1-4,25-28H2. The highest BCUT2D eigenvalue weighted by Gasteiger charge is 2.29. The second kappa shape index (κ2) is 21.5. The zero-order valence-electron chi connectivity index (χ0n) is 40.1. The van der Waals surface area contributed by atoms with Crippen molar-refractivity contribution in [1.29, 1.82) is 0 Å². The summed E-state index contributed by atoms with van der Waals surface area (Å²) in [6.45, 7) is 15.1. The smallest absolute Gasteiger partial charge is 0.277 e. The third-order valence-electron chi connectivity index (χ3n) is 12.0. The minimum atomic E-state index is -0.562. The normalized spacial score (nSPS) is 11.4. The van der Waals surface area contributed by atoms with Gasteiger partial charge in [-0.05, 0) is 97.1 Å². The number of H-pyrrole nitrogens is 2. The van der Waals surface area contributed by atoms with Gasteiger partial charge in [-0.25, -0.2) is 9.97 Å². The molecule has 378 valence electrons. The van der Waals surface area contributed by atoms with Crippen molar-refractivity contribution in [2.24, 2.45) is 0 Å². The molecule has 0 radical (unpaired) electrons. The van der Waals surface area contributed by atoms with Crippen molar-refractivity contribution < 1.29 is 38.6 Å². The number of nitro benzene ring substituents is 4. The summed E-state index contributed by atoms with van der Waals surface area (Å²) in [4.78, 5) is 66.7. The van der Waals surface area contributed by atoms with Crippen molar-refractivity contribution in [3.63, 3.8) is 0 Å². The van der Waals surface area contributed by atoms with Crippen LogP contribution in [-0.2, 0) is 0 Å². The van der Waals surface area contributed by atoms with Crippen molar-refractivity contribution in [2.45, 2.75) is 0 Å². The molecule has 0 spiro atoms. The topological polar surface area (TPSA) is 267 Å². The zero-order chi connectivity index (χ0) is 53.6. The van der Waals surface area contributed by atoms with Crippen LogP contribution in [0.25, 0.3) is 90.9 Å². The van der Waals surface area contributed by atoms with Crippen LogP contribution in [0.15, 0.2) is 148 Å². The lowest BCUT2D eigenvalue weighted by Gasteiger charge is -2.11. The molecule has 7 aromatic rings. The summed E-state index contributed by atoms with van der Waals surface area (Å²) in [5, 5.41) is 52.0. The van der Waals surface area contributed by atoms with Crippen LogP contribution in [-0.4, -0.2) is 66.1 Å². The monoisotopic (exact) mass is 1020 g/mol. The first-order chi connectivity index (χ1) is 36.8. The van der Waals surface area contributed by atoms with E-state index in [0.29, 0.717) is 0 Å². The molecule has 20 nitrogen and oxygen atoms in total. The van der Waals surface area contributed by atoms with Gasteiger partial charge in [0.1, 0.15) is 49.4 Å². The van der Waals surface area contributed by atoms with Gasteiger partial charge in [0.15, 0.2) is 0 Å². The highest BCUT2D eigenvalue weighted by Crippen LogP contribution is 2.46. The molecule has 8 bridgehead atoms. The molecule has 3 aromatic heterocycles. The highest BCUT2D eigenvalue weighted by molar-refractivity contribution is 6.03. The number of aromatic amines is 2. The van der Waals surface area contributed by atoms with Crippen molar-refractivity contribution in [1.82, 2.24) is 19.9 Å². The summed E-state index contributed by atoms with van der Waals surface area (Å²) < 4.78 is 23.5. The molecule has 2 N–H and O–H groups in total. The maximum Gasteiger partial charge on any atom is 0.277 e. The molecule has 0 saturated heterocycles. The van der Waals surface area contributed by atoms with Gasteiger partial charge in [-0.2, -0.15) is 0 Å². The van der Waals surface area contributed by atoms with Gasteiger partial charge in [-0.15, -0.1) is 0 Å². The molecule has 0 unspecified atom stereocenters. The van der Waals surface area contributed by atoms with Gasteiger partial charge in [-0.1, -0.05) is 50.6 Å². The number of nitrogens with zero attached hydrogens (tertiary/aromatic N) is 6. The summed E-state index contributed by atoms with van der Waals surface area (Å²) in [6, 6.07) is 23.3. The first-order valence-corrected chi connectivity index (χ1v) is 23.1. The van der Waals surface area contributed by atoms with E-state index >= 15 is 0 Å². The lowest BCUT2D eigenvalue weighted by molar-refractivity contribution is -0.384. The van der Waals surface area contributed by atoms with Crippen LogP contribution in [0.5, 0.6) is 23.0 Å². The Morgan fingerprint density at radius 1 is 0.382 bits per heavy atom. The molecule has 5 heterocycles. The summed E-state index contributed by atoms with van der Waals surface area (Å²) in [5.41, 5.74) is 0.959. The fourth-order valence-electron chi connectivity index (χ4n) is 8.82. The van der Waals surface area contributed by atoms with E-state index in [9.17, 15) is 40.5 Å². The SMILES string of the molecule is C=CCOc1ccc([N+](=O)[O-])c(-c2c3nc(c(-c4cc(OCC=C)ccc4[N+](=O)[O-])c4ccc([nH]4)c(-c4cc(OCC=C)ccc4[N+](=O)[O-])c4nc(c(-c5cc(OCC=C)ccc5[N+](=O)[O-])c5ccc2[nH]5)C=C4)C=C3)c1. The van der Waals surface area contributed by atoms with E-state index in [1.165, 1.54) is 97.1 Å². The van der Waals surface area contributed by atoms with Gasteiger partial charge in [0.05, 0.1) is 64.7 Å². The van der Waals surface area contributed by atoms with Gasteiger partial charge >= 0.3 is 0 Å². The number of benzene rings is 4. The van der Waals surface area contributed by atoms with Crippen LogP contribution in [0, 0.1) is 40.5 Å². The molecule has 2 aliphatic rings. The Balaban J connectivity index is 1.54. The van der Waals surface area contributed by atoms with Crippen LogP contribution in [0.2, 0.25) is 0 Å². The first kappa shape index (κ1) is 50.2. The highest BCUT2D eigenvalue weighted by atomic mass is 16.6. The van der Waals surface area contributed by atoms with E-state index in [1.54, 1.807) is 48.6 Å². The molecule has 0 atom stereocenters. The molecule has 2 aliphatic heterocycles. The van der Waals surface area contributed by atoms with Crippen LogP contribution in [0.3, 0.4) is 0 Å². The van der Waals surface area contributed by atoms with Crippen LogP contribution >= 0.6 is 0 Å². The van der Waals surface area contributed by atoms with E-state index in [4.69, 9.17) is 28.9 Å². The second-order valence-electron chi connectivity index (χ2n) is 16.6. The third-order valence-corrected chi connectivity index (χ3v) is 12.0. The number of rotatable bonds is 20. The summed E-state index contributed by atoms with van der Waals surface area (Å²) in [7, 11) is 0. The molecular formula is C56H42N8O12. The Labute approximate surface area is 431 Å². The van der Waals surface area contributed by atoms with E-state index < -0.39 is 19.7 Å². The molecule has 0 aliphatic carbocycles. The molecule has 4 aromatic carbocycles. The molecule has 20 heteroatoms. The summed E-state index contributed by atoms with van der Waals surface area (Å²) in [5.74, 6) is 0.980. The predicted molar refractivity (Wildman–Crippen MR) is 290 cm³/mol. The van der Waals surface area contributed by atoms with Gasteiger partial charge < -0.3 is 28.9 Å². The maximum absolute atomic E-state index is 13.0. The van der Waals surface area contributed by atoms with Crippen molar-refractivity contribution >= 4 is 69.1 Å². The van der Waals surface area contributed by atoms with E-state index in [0.717, 1.165) is 0 Å². The Morgan fingerprint density at radius 3 is 0.803 bits per heavy atom. The van der Waals surface area contributed by atoms with E-state index in [2.05, 4.69) is 36.3 Å². The number of nitro groups is 4. The van der Waals surface area contributed by atoms with Crippen molar-refractivity contribution in [2.75, 3.05) is 26.4 Å². The maximum atomic E-state index is 13.0. The second-order valence-corrected chi connectivity index (χ2v) is 16.6. The van der Waals surface area contributed by atoms with Gasteiger partial charge in [0.25, 0.3) is 22.7 Å². The Bertz CT molecular complexity index is 3370. The molecule has 0 fully saturated rings. The average molecular weight is 1020 g/mol. The Morgan fingerprint density at radius 2 is 0.605 bits per heavy atom. The number of ether oxygens (including phenoxy) is 4. The van der Waals surface area contributed by atoms with E-state index in [1.807, 2.05) is 0 Å². The number of nitrogens with one attached hydrogen (secondary N) is 2. The quantitative estimate of drug-likeness (QED) is 0.0408. The number of fused-ring (bicyclic) bond motifs is 8. The fraction of sp³-hybridized carbons (Fsp3) is 0.0714.